The second-order valence-electron chi connectivity index (χ2n) is 3.74. The number of benzene rings is 1. The van der Waals surface area contributed by atoms with Gasteiger partial charge >= 0.3 is 0 Å². The van der Waals surface area contributed by atoms with E-state index in [2.05, 4.69) is 25.9 Å². The Bertz CT molecular complexity index is 501. The quantitative estimate of drug-likeness (QED) is 0.789. The first-order valence-corrected chi connectivity index (χ1v) is 6.19. The lowest BCUT2D eigenvalue weighted by molar-refractivity contribution is 0.287. The zero-order valence-electron chi connectivity index (χ0n) is 11.0. The standard InChI is InChI=1S/C12H17N5O2/c1-3-18-10-6-5-9(7-11(10)19-4-2)8-13-12-14-16-17-15-12/h5-7H,3-4,8H2,1-2H3,(H2,13,14,15,16,17). The first-order valence-electron chi connectivity index (χ1n) is 6.19. The number of H-pyrrole nitrogens is 1. The zero-order chi connectivity index (χ0) is 13.5. The van der Waals surface area contributed by atoms with Crippen LogP contribution in [0.4, 0.5) is 5.95 Å². The van der Waals surface area contributed by atoms with E-state index in [0.717, 1.165) is 17.1 Å². The van der Waals surface area contributed by atoms with Crippen molar-refractivity contribution in [3.8, 4) is 11.5 Å². The Kier molecular flexibility index (Phi) is 4.54. The van der Waals surface area contributed by atoms with Crippen LogP contribution in [-0.2, 0) is 6.54 Å². The number of anilines is 1. The second kappa shape index (κ2) is 6.58. The first-order chi connectivity index (χ1) is 9.33. The summed E-state index contributed by atoms with van der Waals surface area (Å²) in [6, 6.07) is 5.82. The summed E-state index contributed by atoms with van der Waals surface area (Å²) in [6.07, 6.45) is 0. The molecule has 1 aromatic heterocycles. The Balaban J connectivity index is 2.06. The average Bonchev–Trinajstić information content (AvgIpc) is 2.93. The maximum Gasteiger partial charge on any atom is 0.263 e. The molecule has 0 aliphatic carbocycles. The van der Waals surface area contributed by atoms with Crippen LogP contribution in [0.5, 0.6) is 11.5 Å². The highest BCUT2D eigenvalue weighted by Crippen LogP contribution is 2.28. The molecule has 0 amide bonds. The monoisotopic (exact) mass is 263 g/mol. The van der Waals surface area contributed by atoms with E-state index in [-0.39, 0.29) is 0 Å². The molecule has 7 nitrogen and oxygen atoms in total. The second-order valence-corrected chi connectivity index (χ2v) is 3.74. The molecule has 102 valence electrons. The minimum Gasteiger partial charge on any atom is -0.490 e. The molecule has 1 heterocycles. The Hall–Kier alpha value is -2.31. The molecule has 0 bridgehead atoms. The van der Waals surface area contributed by atoms with E-state index in [0.29, 0.717) is 25.7 Å². The summed E-state index contributed by atoms with van der Waals surface area (Å²) >= 11 is 0. The minimum absolute atomic E-state index is 0.465. The molecule has 0 unspecified atom stereocenters. The van der Waals surface area contributed by atoms with Crippen molar-refractivity contribution < 1.29 is 9.47 Å². The van der Waals surface area contributed by atoms with Crippen molar-refractivity contribution in [3.63, 3.8) is 0 Å². The van der Waals surface area contributed by atoms with Crippen LogP contribution in [0.15, 0.2) is 18.2 Å². The predicted molar refractivity (Wildman–Crippen MR) is 70.3 cm³/mol. The van der Waals surface area contributed by atoms with E-state index in [4.69, 9.17) is 9.47 Å². The lowest BCUT2D eigenvalue weighted by Crippen LogP contribution is -2.03. The number of hydrogen-bond acceptors (Lipinski definition) is 6. The van der Waals surface area contributed by atoms with Gasteiger partial charge in [-0.25, -0.2) is 0 Å². The van der Waals surface area contributed by atoms with Gasteiger partial charge < -0.3 is 14.8 Å². The van der Waals surface area contributed by atoms with Gasteiger partial charge in [-0.3, -0.25) is 0 Å². The molecule has 0 aliphatic rings. The van der Waals surface area contributed by atoms with Crippen LogP contribution < -0.4 is 14.8 Å². The van der Waals surface area contributed by atoms with Gasteiger partial charge in [-0.1, -0.05) is 11.2 Å². The van der Waals surface area contributed by atoms with Crippen LogP contribution in [0, 0.1) is 0 Å². The van der Waals surface area contributed by atoms with E-state index in [9.17, 15) is 0 Å². The molecule has 2 N–H and O–H groups in total. The number of rotatable bonds is 7. The van der Waals surface area contributed by atoms with Gasteiger partial charge in [-0.15, -0.1) is 5.10 Å². The third-order valence-electron chi connectivity index (χ3n) is 2.40. The van der Waals surface area contributed by atoms with Crippen molar-refractivity contribution in [1.82, 2.24) is 20.6 Å². The molecule has 7 heteroatoms. The summed E-state index contributed by atoms with van der Waals surface area (Å²) in [4.78, 5) is 0. The summed E-state index contributed by atoms with van der Waals surface area (Å²) in [5.41, 5.74) is 1.05. The zero-order valence-corrected chi connectivity index (χ0v) is 11.0. The molecule has 2 aromatic rings. The molecule has 2 rings (SSSR count). The van der Waals surface area contributed by atoms with E-state index >= 15 is 0 Å². The van der Waals surface area contributed by atoms with Crippen LogP contribution >= 0.6 is 0 Å². The van der Waals surface area contributed by atoms with Crippen LogP contribution in [-0.4, -0.2) is 33.8 Å². The number of ether oxygens (including phenoxy) is 2. The fourth-order valence-electron chi connectivity index (χ4n) is 1.62. The largest absolute Gasteiger partial charge is 0.490 e. The summed E-state index contributed by atoms with van der Waals surface area (Å²) in [6.45, 7) is 5.69. The summed E-state index contributed by atoms with van der Waals surface area (Å²) in [5.74, 6) is 1.97. The van der Waals surface area contributed by atoms with Gasteiger partial charge in [0.1, 0.15) is 0 Å². The van der Waals surface area contributed by atoms with Gasteiger partial charge in [0, 0.05) is 6.54 Å². The maximum atomic E-state index is 5.56. The van der Waals surface area contributed by atoms with Crippen LogP contribution in [0.25, 0.3) is 0 Å². The van der Waals surface area contributed by atoms with Crippen LogP contribution in [0.1, 0.15) is 19.4 Å². The highest BCUT2D eigenvalue weighted by atomic mass is 16.5. The topological polar surface area (TPSA) is 85.0 Å². The average molecular weight is 263 g/mol. The maximum absolute atomic E-state index is 5.56. The smallest absolute Gasteiger partial charge is 0.263 e. The van der Waals surface area contributed by atoms with Crippen molar-refractivity contribution in [3.05, 3.63) is 23.8 Å². The lowest BCUT2D eigenvalue weighted by atomic mass is 10.2. The van der Waals surface area contributed by atoms with Gasteiger partial charge in [-0.2, -0.15) is 5.21 Å². The van der Waals surface area contributed by atoms with Crippen molar-refractivity contribution in [2.24, 2.45) is 0 Å². The van der Waals surface area contributed by atoms with Gasteiger partial charge in [0.15, 0.2) is 11.5 Å². The van der Waals surface area contributed by atoms with Crippen molar-refractivity contribution in [2.75, 3.05) is 18.5 Å². The third kappa shape index (κ3) is 3.57. The minimum atomic E-state index is 0.465. The molecular formula is C12H17N5O2. The van der Waals surface area contributed by atoms with Gasteiger partial charge in [0.25, 0.3) is 5.95 Å². The number of tetrazole rings is 1. The molecule has 1 aromatic carbocycles. The number of nitrogens with zero attached hydrogens (tertiary/aromatic N) is 3. The Morgan fingerprint density at radius 1 is 1.16 bits per heavy atom. The van der Waals surface area contributed by atoms with E-state index < -0.39 is 0 Å². The SMILES string of the molecule is CCOc1ccc(CNc2nn[nH]n2)cc1OCC. The summed E-state index contributed by atoms with van der Waals surface area (Å²) in [5, 5.41) is 16.6. The van der Waals surface area contributed by atoms with E-state index in [1.165, 1.54) is 0 Å². The molecule has 19 heavy (non-hydrogen) atoms. The molecule has 0 radical (unpaired) electrons. The van der Waals surface area contributed by atoms with Gasteiger partial charge in [0.2, 0.25) is 0 Å². The molecular weight excluding hydrogens is 246 g/mol. The Morgan fingerprint density at radius 3 is 2.63 bits per heavy atom. The molecule has 0 aliphatic heterocycles. The predicted octanol–water partition coefficient (Wildman–Crippen LogP) is 1.61. The summed E-state index contributed by atoms with van der Waals surface area (Å²) in [7, 11) is 0. The molecule has 0 saturated carbocycles. The molecule has 0 fully saturated rings. The molecule has 0 atom stereocenters. The Labute approximate surface area is 111 Å². The highest BCUT2D eigenvalue weighted by molar-refractivity contribution is 5.43. The van der Waals surface area contributed by atoms with Gasteiger partial charge in [-0.05, 0) is 36.8 Å². The fraction of sp³-hybridized carbons (Fsp3) is 0.417. The molecule has 0 spiro atoms. The van der Waals surface area contributed by atoms with E-state index in [1.807, 2.05) is 32.0 Å². The van der Waals surface area contributed by atoms with Crippen molar-refractivity contribution in [1.29, 1.82) is 0 Å². The number of nitrogens with one attached hydrogen (secondary N) is 2. The van der Waals surface area contributed by atoms with Crippen molar-refractivity contribution >= 4 is 5.95 Å². The highest BCUT2D eigenvalue weighted by Gasteiger charge is 2.06. The van der Waals surface area contributed by atoms with Gasteiger partial charge in [0.05, 0.1) is 13.2 Å². The third-order valence-corrected chi connectivity index (χ3v) is 2.40. The summed E-state index contributed by atoms with van der Waals surface area (Å²) < 4.78 is 11.1. The lowest BCUT2D eigenvalue weighted by Gasteiger charge is -2.12. The molecule has 0 saturated heterocycles. The number of aromatic nitrogens is 4. The fourth-order valence-corrected chi connectivity index (χ4v) is 1.62. The van der Waals surface area contributed by atoms with Crippen molar-refractivity contribution in [2.45, 2.75) is 20.4 Å². The van der Waals surface area contributed by atoms with Crippen LogP contribution in [0.3, 0.4) is 0 Å². The Morgan fingerprint density at radius 2 is 1.95 bits per heavy atom. The first kappa shape index (κ1) is 13.1. The number of hydrogen-bond donors (Lipinski definition) is 2. The van der Waals surface area contributed by atoms with E-state index in [1.54, 1.807) is 0 Å². The number of aromatic amines is 1. The normalized spacial score (nSPS) is 10.2. The van der Waals surface area contributed by atoms with Crippen LogP contribution in [0.2, 0.25) is 0 Å².